The third kappa shape index (κ3) is 3.02. The zero-order valence-electron chi connectivity index (χ0n) is 11.9. The van der Waals surface area contributed by atoms with Crippen LogP contribution < -0.4 is 15.4 Å². The van der Waals surface area contributed by atoms with Gasteiger partial charge in [-0.1, -0.05) is 0 Å². The highest BCUT2D eigenvalue weighted by Crippen LogP contribution is 2.23. The molecule has 1 unspecified atom stereocenters. The quantitative estimate of drug-likeness (QED) is 0.847. The molecule has 2 aliphatic rings. The SMILES string of the molecule is COc1nc(NCC2CCCO2)nc2c1CCNCC2. The molecule has 1 fully saturated rings. The second kappa shape index (κ2) is 6.37. The van der Waals surface area contributed by atoms with Gasteiger partial charge < -0.3 is 20.1 Å². The van der Waals surface area contributed by atoms with Gasteiger partial charge in [-0.2, -0.15) is 4.98 Å². The minimum Gasteiger partial charge on any atom is -0.481 e. The third-order valence-corrected chi connectivity index (χ3v) is 3.85. The predicted octanol–water partition coefficient (Wildman–Crippen LogP) is 0.764. The highest BCUT2D eigenvalue weighted by Gasteiger charge is 2.19. The molecule has 1 atom stereocenters. The Labute approximate surface area is 119 Å². The summed E-state index contributed by atoms with van der Waals surface area (Å²) in [5, 5.41) is 6.66. The normalized spacial score (nSPS) is 22.1. The van der Waals surface area contributed by atoms with Gasteiger partial charge in [0.2, 0.25) is 11.8 Å². The van der Waals surface area contributed by atoms with Crippen molar-refractivity contribution in [1.82, 2.24) is 15.3 Å². The number of methoxy groups -OCH3 is 1. The number of nitrogens with one attached hydrogen (secondary N) is 2. The second-order valence-corrected chi connectivity index (χ2v) is 5.25. The number of anilines is 1. The van der Waals surface area contributed by atoms with Gasteiger partial charge in [-0.15, -0.1) is 0 Å². The van der Waals surface area contributed by atoms with Crippen LogP contribution in [0.25, 0.3) is 0 Å². The fraction of sp³-hybridized carbons (Fsp3) is 0.714. The van der Waals surface area contributed by atoms with Crippen LogP contribution in [-0.4, -0.2) is 49.4 Å². The highest BCUT2D eigenvalue weighted by molar-refractivity contribution is 5.39. The van der Waals surface area contributed by atoms with E-state index in [0.29, 0.717) is 11.8 Å². The molecule has 6 nitrogen and oxygen atoms in total. The summed E-state index contributed by atoms with van der Waals surface area (Å²) in [5.41, 5.74) is 2.23. The van der Waals surface area contributed by atoms with Crippen molar-refractivity contribution in [2.45, 2.75) is 31.8 Å². The number of aromatic nitrogens is 2. The molecule has 6 heteroatoms. The molecule has 1 aromatic rings. The molecule has 0 aliphatic carbocycles. The van der Waals surface area contributed by atoms with Crippen LogP contribution in [0.4, 0.5) is 5.95 Å². The van der Waals surface area contributed by atoms with Gasteiger partial charge in [0.15, 0.2) is 0 Å². The zero-order valence-corrected chi connectivity index (χ0v) is 11.9. The van der Waals surface area contributed by atoms with E-state index in [1.807, 2.05) is 0 Å². The van der Waals surface area contributed by atoms with Gasteiger partial charge in [0, 0.05) is 31.7 Å². The molecule has 3 heterocycles. The lowest BCUT2D eigenvalue weighted by Gasteiger charge is -2.14. The first-order valence-corrected chi connectivity index (χ1v) is 7.37. The van der Waals surface area contributed by atoms with E-state index in [-0.39, 0.29) is 6.10 Å². The number of fused-ring (bicyclic) bond motifs is 1. The number of hydrogen-bond acceptors (Lipinski definition) is 6. The van der Waals surface area contributed by atoms with E-state index >= 15 is 0 Å². The Morgan fingerprint density at radius 3 is 3.05 bits per heavy atom. The highest BCUT2D eigenvalue weighted by atomic mass is 16.5. The zero-order chi connectivity index (χ0) is 13.8. The standard InChI is InChI=1S/C14H22N4O2/c1-19-13-11-4-6-15-7-5-12(11)17-14(18-13)16-9-10-3-2-8-20-10/h10,15H,2-9H2,1H3,(H,16,17,18). The van der Waals surface area contributed by atoms with Gasteiger partial charge in [0.1, 0.15) is 0 Å². The molecule has 20 heavy (non-hydrogen) atoms. The van der Waals surface area contributed by atoms with Crippen LogP contribution in [0.1, 0.15) is 24.1 Å². The number of rotatable bonds is 4. The van der Waals surface area contributed by atoms with Crippen LogP contribution in [0.2, 0.25) is 0 Å². The predicted molar refractivity (Wildman–Crippen MR) is 76.3 cm³/mol. The summed E-state index contributed by atoms with van der Waals surface area (Å²) in [7, 11) is 1.67. The third-order valence-electron chi connectivity index (χ3n) is 3.85. The number of hydrogen-bond donors (Lipinski definition) is 2. The first-order chi connectivity index (χ1) is 9.86. The molecule has 0 saturated carbocycles. The molecule has 0 aromatic carbocycles. The molecule has 0 spiro atoms. The van der Waals surface area contributed by atoms with E-state index in [2.05, 4.69) is 20.6 Å². The van der Waals surface area contributed by atoms with E-state index in [4.69, 9.17) is 9.47 Å². The Balaban J connectivity index is 1.75. The molecule has 1 aromatic heterocycles. The average molecular weight is 278 g/mol. The van der Waals surface area contributed by atoms with E-state index < -0.39 is 0 Å². The van der Waals surface area contributed by atoms with Gasteiger partial charge in [-0.3, -0.25) is 0 Å². The van der Waals surface area contributed by atoms with E-state index in [0.717, 1.165) is 63.2 Å². The summed E-state index contributed by atoms with van der Waals surface area (Å²) in [4.78, 5) is 9.12. The molecule has 0 amide bonds. The van der Waals surface area contributed by atoms with Crippen LogP contribution in [0.5, 0.6) is 5.88 Å². The Kier molecular flexibility index (Phi) is 4.32. The van der Waals surface area contributed by atoms with E-state index in [9.17, 15) is 0 Å². The minimum absolute atomic E-state index is 0.282. The largest absolute Gasteiger partial charge is 0.481 e. The number of ether oxygens (including phenoxy) is 2. The molecule has 2 aliphatic heterocycles. The molecular formula is C14H22N4O2. The van der Waals surface area contributed by atoms with Crippen molar-refractivity contribution in [2.75, 3.05) is 38.7 Å². The van der Waals surface area contributed by atoms with E-state index in [1.165, 1.54) is 0 Å². The van der Waals surface area contributed by atoms with Crippen molar-refractivity contribution in [1.29, 1.82) is 0 Å². The summed E-state index contributed by atoms with van der Waals surface area (Å²) < 4.78 is 11.0. The monoisotopic (exact) mass is 278 g/mol. The lowest BCUT2D eigenvalue weighted by Crippen LogP contribution is -2.20. The smallest absolute Gasteiger partial charge is 0.226 e. The lowest BCUT2D eigenvalue weighted by molar-refractivity contribution is 0.120. The fourth-order valence-electron chi connectivity index (χ4n) is 2.77. The van der Waals surface area contributed by atoms with Crippen molar-refractivity contribution in [3.8, 4) is 5.88 Å². The topological polar surface area (TPSA) is 68.3 Å². The molecule has 3 rings (SSSR count). The molecule has 0 radical (unpaired) electrons. The summed E-state index contributed by atoms with van der Waals surface area (Å²) in [5.74, 6) is 1.35. The Hall–Kier alpha value is -1.40. The van der Waals surface area contributed by atoms with Crippen LogP contribution in [-0.2, 0) is 17.6 Å². The average Bonchev–Trinajstić information content (AvgIpc) is 2.88. The van der Waals surface area contributed by atoms with Crippen LogP contribution in [0.3, 0.4) is 0 Å². The van der Waals surface area contributed by atoms with E-state index in [1.54, 1.807) is 7.11 Å². The maximum absolute atomic E-state index is 5.60. The van der Waals surface area contributed by atoms with Gasteiger partial charge in [0.25, 0.3) is 0 Å². The van der Waals surface area contributed by atoms with Gasteiger partial charge in [-0.25, -0.2) is 4.98 Å². The molecule has 1 saturated heterocycles. The molecular weight excluding hydrogens is 256 g/mol. The van der Waals surface area contributed by atoms with Crippen LogP contribution >= 0.6 is 0 Å². The number of nitrogens with zero attached hydrogens (tertiary/aromatic N) is 2. The Morgan fingerprint density at radius 2 is 2.25 bits per heavy atom. The first kappa shape index (κ1) is 13.6. The van der Waals surface area contributed by atoms with Crippen molar-refractivity contribution >= 4 is 5.95 Å². The minimum atomic E-state index is 0.282. The Bertz CT molecular complexity index is 461. The van der Waals surface area contributed by atoms with Crippen molar-refractivity contribution < 1.29 is 9.47 Å². The maximum atomic E-state index is 5.60. The lowest BCUT2D eigenvalue weighted by atomic mass is 10.1. The Morgan fingerprint density at radius 1 is 1.35 bits per heavy atom. The molecule has 0 bridgehead atoms. The molecule has 2 N–H and O–H groups in total. The summed E-state index contributed by atoms with van der Waals surface area (Å²) in [6, 6.07) is 0. The van der Waals surface area contributed by atoms with Crippen molar-refractivity contribution in [3.05, 3.63) is 11.3 Å². The van der Waals surface area contributed by atoms with Gasteiger partial charge in [-0.05, 0) is 25.8 Å². The fourth-order valence-corrected chi connectivity index (χ4v) is 2.77. The van der Waals surface area contributed by atoms with Gasteiger partial charge in [0.05, 0.1) is 18.9 Å². The van der Waals surface area contributed by atoms with Crippen LogP contribution in [0.15, 0.2) is 0 Å². The second-order valence-electron chi connectivity index (χ2n) is 5.25. The summed E-state index contributed by atoms with van der Waals surface area (Å²) >= 11 is 0. The van der Waals surface area contributed by atoms with Crippen molar-refractivity contribution in [2.24, 2.45) is 0 Å². The van der Waals surface area contributed by atoms with Gasteiger partial charge >= 0.3 is 0 Å². The maximum Gasteiger partial charge on any atom is 0.226 e. The summed E-state index contributed by atoms with van der Waals surface area (Å²) in [6.45, 7) is 3.54. The van der Waals surface area contributed by atoms with Crippen LogP contribution in [0, 0.1) is 0 Å². The van der Waals surface area contributed by atoms with Crippen molar-refractivity contribution in [3.63, 3.8) is 0 Å². The molecule has 110 valence electrons. The first-order valence-electron chi connectivity index (χ1n) is 7.37. The summed E-state index contributed by atoms with van der Waals surface area (Å²) in [6.07, 6.45) is 4.38.